The summed E-state index contributed by atoms with van der Waals surface area (Å²) in [5.74, 6) is -1.84. The Kier molecular flexibility index (Phi) is 7.25. The van der Waals surface area contributed by atoms with Crippen LogP contribution in [0.1, 0.15) is 36.9 Å². The Balaban J connectivity index is 1.66. The molecule has 0 bridgehead atoms. The molecule has 1 saturated carbocycles. The predicted molar refractivity (Wildman–Crippen MR) is 124 cm³/mol. The summed E-state index contributed by atoms with van der Waals surface area (Å²) >= 11 is 0. The molecule has 3 aromatic rings. The van der Waals surface area contributed by atoms with Gasteiger partial charge in [0, 0.05) is 6.04 Å². The summed E-state index contributed by atoms with van der Waals surface area (Å²) in [4.78, 5) is 25.4. The van der Waals surface area contributed by atoms with Crippen molar-refractivity contribution in [2.45, 2.75) is 56.7 Å². The van der Waals surface area contributed by atoms with E-state index in [4.69, 9.17) is 5.73 Å². The number of nitrogens with one attached hydrogen (secondary N) is 1. The van der Waals surface area contributed by atoms with Crippen molar-refractivity contribution in [1.82, 2.24) is 19.7 Å². The number of aliphatic hydroxyl groups is 1. The molecule has 39 heavy (non-hydrogen) atoms. The lowest BCUT2D eigenvalue weighted by molar-refractivity contribution is -0.274. The zero-order valence-electron chi connectivity index (χ0n) is 20.3. The third-order valence-electron chi connectivity index (χ3n) is 6.20. The van der Waals surface area contributed by atoms with Crippen LogP contribution in [0.5, 0.6) is 5.75 Å². The Bertz CT molecular complexity index is 1430. The molecule has 0 spiro atoms. The fraction of sp³-hybridized carbons (Fsp3) is 0.375. The highest BCUT2D eigenvalue weighted by atomic mass is 19.4. The Hall–Kier alpha value is -3.85. The van der Waals surface area contributed by atoms with E-state index in [0.29, 0.717) is 18.9 Å². The van der Waals surface area contributed by atoms with Crippen molar-refractivity contribution in [3.63, 3.8) is 0 Å². The molecule has 1 heterocycles. The molecule has 4 rings (SSSR count). The fourth-order valence-corrected chi connectivity index (χ4v) is 4.10. The number of para-hydroxylation sites is 1. The molecular weight excluding hydrogens is 536 g/mol. The van der Waals surface area contributed by atoms with Crippen LogP contribution in [0.2, 0.25) is 0 Å². The van der Waals surface area contributed by atoms with Gasteiger partial charge in [0.05, 0.1) is 17.7 Å². The van der Waals surface area contributed by atoms with Gasteiger partial charge in [-0.2, -0.15) is 13.2 Å². The number of hydrogen-bond donors (Lipinski definition) is 3. The maximum Gasteiger partial charge on any atom is 0.573 e. The normalized spacial score (nSPS) is 16.5. The van der Waals surface area contributed by atoms with Crippen molar-refractivity contribution in [3.8, 4) is 17.1 Å². The summed E-state index contributed by atoms with van der Waals surface area (Å²) < 4.78 is 84.6. The summed E-state index contributed by atoms with van der Waals surface area (Å²) in [5, 5.41) is 17.3. The van der Waals surface area contributed by atoms with Crippen LogP contribution in [0.25, 0.3) is 11.4 Å². The number of hydrogen-bond acceptors (Lipinski definition) is 6. The smallest absolute Gasteiger partial charge is 0.405 e. The highest BCUT2D eigenvalue weighted by Crippen LogP contribution is 2.39. The SMILES string of the molecule is CC(NC(O)Cn1nc(-c2ccccc2OC(F)(F)F)n(C2CC2)c1=O)(C(N)=O)c1cccc(C(F)(F)F)c1. The van der Waals surface area contributed by atoms with Crippen molar-refractivity contribution >= 4 is 5.91 Å². The molecule has 210 valence electrons. The average molecular weight is 559 g/mol. The summed E-state index contributed by atoms with van der Waals surface area (Å²) in [6.45, 7) is 0.547. The Morgan fingerprint density at radius 3 is 2.36 bits per heavy atom. The van der Waals surface area contributed by atoms with E-state index in [9.17, 15) is 41.0 Å². The van der Waals surface area contributed by atoms with E-state index >= 15 is 0 Å². The number of carbonyl (C=O) groups excluding carboxylic acids is 1. The quantitative estimate of drug-likeness (QED) is 0.273. The highest BCUT2D eigenvalue weighted by Gasteiger charge is 2.39. The van der Waals surface area contributed by atoms with Gasteiger partial charge in [-0.15, -0.1) is 18.3 Å². The number of aromatic nitrogens is 3. The van der Waals surface area contributed by atoms with Crippen LogP contribution >= 0.6 is 0 Å². The van der Waals surface area contributed by atoms with Gasteiger partial charge in [0.1, 0.15) is 17.5 Å². The fourth-order valence-electron chi connectivity index (χ4n) is 4.10. The standard InChI is InChI=1S/C24H23F6N5O4/c1-22(20(31)37,13-5-4-6-14(11-13)23(25,26)27)32-18(36)12-34-21(38)35(15-9-10-15)19(33-34)16-7-2-3-8-17(16)39-24(28,29)30/h2-8,11,15,18,32,36H,9-10,12H2,1H3,(H2,31,37). The molecule has 1 aliphatic rings. The molecule has 0 radical (unpaired) electrons. The largest absolute Gasteiger partial charge is 0.573 e. The minimum absolute atomic E-state index is 0.119. The number of carbonyl (C=O) groups is 1. The number of ether oxygens (including phenoxy) is 1. The minimum Gasteiger partial charge on any atom is -0.405 e. The lowest BCUT2D eigenvalue weighted by atomic mass is 9.89. The maximum absolute atomic E-state index is 13.2. The van der Waals surface area contributed by atoms with Crippen molar-refractivity contribution in [1.29, 1.82) is 0 Å². The molecular formula is C24H23F6N5O4. The monoisotopic (exact) mass is 559 g/mol. The summed E-state index contributed by atoms with van der Waals surface area (Å²) in [6.07, 6.45) is -10.3. The van der Waals surface area contributed by atoms with Crippen LogP contribution in [-0.4, -0.2) is 38.0 Å². The molecule has 0 aliphatic heterocycles. The number of amides is 1. The first-order valence-corrected chi connectivity index (χ1v) is 11.6. The van der Waals surface area contributed by atoms with Gasteiger partial charge in [-0.25, -0.2) is 9.48 Å². The third kappa shape index (κ3) is 6.09. The van der Waals surface area contributed by atoms with Gasteiger partial charge in [0.15, 0.2) is 5.82 Å². The lowest BCUT2D eigenvalue weighted by Crippen LogP contribution is -2.55. The van der Waals surface area contributed by atoms with Crippen LogP contribution in [0, 0.1) is 0 Å². The Morgan fingerprint density at radius 1 is 1.13 bits per heavy atom. The van der Waals surface area contributed by atoms with Gasteiger partial charge < -0.3 is 15.6 Å². The first-order valence-electron chi connectivity index (χ1n) is 11.6. The van der Waals surface area contributed by atoms with Crippen LogP contribution in [-0.2, 0) is 23.1 Å². The molecule has 2 atom stereocenters. The van der Waals surface area contributed by atoms with Crippen LogP contribution in [0.4, 0.5) is 26.3 Å². The first kappa shape index (κ1) is 28.2. The minimum atomic E-state index is -5.01. The van der Waals surface area contributed by atoms with E-state index in [0.717, 1.165) is 29.8 Å². The summed E-state index contributed by atoms with van der Waals surface area (Å²) in [7, 11) is 0. The van der Waals surface area contributed by atoms with Gasteiger partial charge in [-0.05, 0) is 49.6 Å². The van der Waals surface area contributed by atoms with Crippen LogP contribution < -0.4 is 21.5 Å². The maximum atomic E-state index is 13.2. The molecule has 0 saturated heterocycles. The van der Waals surface area contributed by atoms with Gasteiger partial charge >= 0.3 is 18.2 Å². The van der Waals surface area contributed by atoms with E-state index in [1.807, 2.05) is 0 Å². The van der Waals surface area contributed by atoms with Crippen molar-refractivity contribution < 1.29 is 41.0 Å². The molecule has 1 aliphatic carbocycles. The average Bonchev–Trinajstić information content (AvgIpc) is 3.62. The number of halogens is 6. The molecule has 4 N–H and O–H groups in total. The molecule has 1 fully saturated rings. The number of nitrogens with zero attached hydrogens (tertiary/aromatic N) is 3. The summed E-state index contributed by atoms with van der Waals surface area (Å²) in [6, 6.07) is 8.54. The number of aliphatic hydroxyl groups excluding tert-OH is 1. The van der Waals surface area contributed by atoms with E-state index < -0.39 is 53.8 Å². The molecule has 2 aromatic carbocycles. The first-order chi connectivity index (χ1) is 18.1. The molecule has 15 heteroatoms. The van der Waals surface area contributed by atoms with E-state index in [1.165, 1.54) is 28.8 Å². The predicted octanol–water partition coefficient (Wildman–Crippen LogP) is 3.27. The second-order valence-corrected chi connectivity index (χ2v) is 9.16. The molecule has 2 unspecified atom stereocenters. The molecule has 1 amide bonds. The Morgan fingerprint density at radius 2 is 1.77 bits per heavy atom. The second kappa shape index (κ2) is 10.0. The van der Waals surface area contributed by atoms with Gasteiger partial charge in [-0.1, -0.05) is 24.3 Å². The zero-order valence-corrected chi connectivity index (χ0v) is 20.3. The lowest BCUT2D eigenvalue weighted by Gasteiger charge is -2.31. The number of nitrogens with two attached hydrogens (primary N) is 1. The van der Waals surface area contributed by atoms with E-state index in [2.05, 4.69) is 15.2 Å². The van der Waals surface area contributed by atoms with Crippen molar-refractivity contribution in [2.24, 2.45) is 5.73 Å². The van der Waals surface area contributed by atoms with Crippen LogP contribution in [0.15, 0.2) is 53.3 Å². The van der Waals surface area contributed by atoms with Gasteiger partial charge in [0.25, 0.3) is 0 Å². The number of alkyl halides is 6. The zero-order chi connectivity index (χ0) is 28.8. The second-order valence-electron chi connectivity index (χ2n) is 9.16. The third-order valence-corrected chi connectivity index (χ3v) is 6.20. The molecule has 9 nitrogen and oxygen atoms in total. The summed E-state index contributed by atoms with van der Waals surface area (Å²) in [5.41, 5.74) is 1.35. The van der Waals surface area contributed by atoms with Crippen molar-refractivity contribution in [2.75, 3.05) is 0 Å². The van der Waals surface area contributed by atoms with E-state index in [-0.39, 0.29) is 23.0 Å². The number of rotatable bonds is 9. The number of primary amides is 1. The van der Waals surface area contributed by atoms with Gasteiger partial charge in [-0.3, -0.25) is 14.7 Å². The topological polar surface area (TPSA) is 124 Å². The Labute approximate surface area is 216 Å². The molecule has 1 aromatic heterocycles. The number of benzene rings is 2. The van der Waals surface area contributed by atoms with E-state index in [1.54, 1.807) is 0 Å². The van der Waals surface area contributed by atoms with Gasteiger partial charge in [0.2, 0.25) is 5.91 Å². The van der Waals surface area contributed by atoms with Crippen molar-refractivity contribution in [3.05, 3.63) is 70.1 Å². The van der Waals surface area contributed by atoms with Crippen LogP contribution in [0.3, 0.4) is 0 Å². The highest BCUT2D eigenvalue weighted by molar-refractivity contribution is 5.85.